The molecule has 1 heterocycles. The summed E-state index contributed by atoms with van der Waals surface area (Å²) in [7, 11) is 1.78. The molecular formula is C12H20N4O. The van der Waals surface area contributed by atoms with Crippen molar-refractivity contribution in [2.75, 3.05) is 24.3 Å². The van der Waals surface area contributed by atoms with E-state index in [1.807, 2.05) is 13.0 Å². The van der Waals surface area contributed by atoms with Gasteiger partial charge in [-0.25, -0.2) is 4.98 Å². The zero-order valence-corrected chi connectivity index (χ0v) is 10.4. The fraction of sp³-hybridized carbons (Fsp3) is 0.667. The molecule has 1 aliphatic carbocycles. The highest BCUT2D eigenvalue weighted by Gasteiger charge is 2.24. The van der Waals surface area contributed by atoms with Gasteiger partial charge in [0.1, 0.15) is 5.82 Å². The first kappa shape index (κ1) is 12.1. The Kier molecular flexibility index (Phi) is 4.14. The Morgan fingerprint density at radius 1 is 1.47 bits per heavy atom. The quantitative estimate of drug-likeness (QED) is 0.817. The highest BCUT2D eigenvalue weighted by atomic mass is 16.5. The van der Waals surface area contributed by atoms with Crippen molar-refractivity contribution < 1.29 is 4.74 Å². The number of nitrogens with one attached hydrogen (secondary N) is 2. The maximum atomic E-state index is 5.36. The fourth-order valence-electron chi connectivity index (χ4n) is 2.18. The van der Waals surface area contributed by atoms with Crippen LogP contribution in [0.1, 0.15) is 26.2 Å². The SMILES string of the molecule is CCNc1nccc(NC2CCC(OC)C2)n1. The standard InChI is InChI=1S/C12H20N4O/c1-3-13-12-14-7-6-11(16-12)15-9-4-5-10(8-9)17-2/h6-7,9-10H,3-5,8H2,1-2H3,(H2,13,14,15,16). The molecule has 2 atom stereocenters. The highest BCUT2D eigenvalue weighted by molar-refractivity contribution is 5.40. The van der Waals surface area contributed by atoms with Crippen molar-refractivity contribution >= 4 is 11.8 Å². The summed E-state index contributed by atoms with van der Waals surface area (Å²) in [6, 6.07) is 2.37. The normalized spacial score (nSPS) is 23.6. The van der Waals surface area contributed by atoms with Gasteiger partial charge in [0.2, 0.25) is 5.95 Å². The lowest BCUT2D eigenvalue weighted by Crippen LogP contribution is -2.18. The second kappa shape index (κ2) is 5.82. The first-order chi connectivity index (χ1) is 8.31. The predicted octanol–water partition coefficient (Wildman–Crippen LogP) is 1.89. The third kappa shape index (κ3) is 3.30. The Morgan fingerprint density at radius 3 is 3.06 bits per heavy atom. The van der Waals surface area contributed by atoms with Crippen molar-refractivity contribution in [2.45, 2.75) is 38.3 Å². The average Bonchev–Trinajstić information content (AvgIpc) is 2.78. The molecule has 0 amide bonds. The van der Waals surface area contributed by atoms with Crippen LogP contribution in [-0.2, 0) is 4.74 Å². The summed E-state index contributed by atoms with van der Waals surface area (Å²) in [6.45, 7) is 2.86. The Morgan fingerprint density at radius 2 is 2.35 bits per heavy atom. The van der Waals surface area contributed by atoms with Crippen LogP contribution in [0, 0.1) is 0 Å². The highest BCUT2D eigenvalue weighted by Crippen LogP contribution is 2.24. The van der Waals surface area contributed by atoms with Crippen LogP contribution >= 0.6 is 0 Å². The molecule has 0 radical (unpaired) electrons. The third-order valence-corrected chi connectivity index (χ3v) is 3.06. The molecule has 1 aromatic heterocycles. The van der Waals surface area contributed by atoms with Crippen LogP contribution in [-0.4, -0.2) is 35.8 Å². The number of anilines is 2. The lowest BCUT2D eigenvalue weighted by molar-refractivity contribution is 0.108. The second-order valence-electron chi connectivity index (χ2n) is 4.31. The molecule has 0 aliphatic heterocycles. The van der Waals surface area contributed by atoms with Crippen LogP contribution in [0.5, 0.6) is 0 Å². The van der Waals surface area contributed by atoms with E-state index in [9.17, 15) is 0 Å². The van der Waals surface area contributed by atoms with Crippen molar-refractivity contribution in [2.24, 2.45) is 0 Å². The minimum atomic E-state index is 0.391. The van der Waals surface area contributed by atoms with Crippen LogP contribution < -0.4 is 10.6 Å². The monoisotopic (exact) mass is 236 g/mol. The van der Waals surface area contributed by atoms with E-state index in [0.29, 0.717) is 18.1 Å². The summed E-state index contributed by atoms with van der Waals surface area (Å²) < 4.78 is 5.36. The Hall–Kier alpha value is -1.36. The van der Waals surface area contributed by atoms with Gasteiger partial charge in [-0.3, -0.25) is 0 Å². The van der Waals surface area contributed by atoms with Gasteiger partial charge in [0.05, 0.1) is 6.10 Å². The molecule has 0 aromatic carbocycles. The zero-order valence-electron chi connectivity index (χ0n) is 10.4. The van der Waals surface area contributed by atoms with Crippen molar-refractivity contribution in [3.8, 4) is 0 Å². The minimum absolute atomic E-state index is 0.391. The summed E-state index contributed by atoms with van der Waals surface area (Å²) >= 11 is 0. The van der Waals surface area contributed by atoms with Gasteiger partial charge in [-0.2, -0.15) is 4.98 Å². The number of aromatic nitrogens is 2. The molecule has 5 heteroatoms. The maximum Gasteiger partial charge on any atom is 0.224 e. The molecule has 2 N–H and O–H groups in total. The molecule has 0 bridgehead atoms. The first-order valence-electron chi connectivity index (χ1n) is 6.18. The van der Waals surface area contributed by atoms with E-state index < -0.39 is 0 Å². The molecule has 17 heavy (non-hydrogen) atoms. The van der Waals surface area contributed by atoms with Gasteiger partial charge >= 0.3 is 0 Å². The second-order valence-corrected chi connectivity index (χ2v) is 4.31. The van der Waals surface area contributed by atoms with E-state index >= 15 is 0 Å². The lowest BCUT2D eigenvalue weighted by Gasteiger charge is -2.14. The molecule has 1 fully saturated rings. The number of ether oxygens (including phenoxy) is 1. The number of hydrogen-bond acceptors (Lipinski definition) is 5. The van der Waals surface area contributed by atoms with Crippen LogP contribution in [0.15, 0.2) is 12.3 Å². The molecule has 0 spiro atoms. The van der Waals surface area contributed by atoms with E-state index in [-0.39, 0.29) is 0 Å². The first-order valence-corrected chi connectivity index (χ1v) is 6.18. The largest absolute Gasteiger partial charge is 0.381 e. The summed E-state index contributed by atoms with van der Waals surface area (Å²) in [6.07, 6.45) is 5.48. The number of rotatable bonds is 5. The van der Waals surface area contributed by atoms with Crippen molar-refractivity contribution in [1.82, 2.24) is 9.97 Å². The smallest absolute Gasteiger partial charge is 0.224 e. The minimum Gasteiger partial charge on any atom is -0.381 e. The molecule has 0 saturated heterocycles. The molecule has 1 aliphatic rings. The molecular weight excluding hydrogens is 216 g/mol. The predicted molar refractivity (Wildman–Crippen MR) is 68.3 cm³/mol. The Labute approximate surface area is 102 Å². The summed E-state index contributed by atoms with van der Waals surface area (Å²) in [5.74, 6) is 1.57. The van der Waals surface area contributed by atoms with Gasteiger partial charge in [-0.15, -0.1) is 0 Å². The zero-order chi connectivity index (χ0) is 12.1. The number of hydrogen-bond donors (Lipinski definition) is 2. The summed E-state index contributed by atoms with van der Waals surface area (Å²) in [5.41, 5.74) is 0. The van der Waals surface area contributed by atoms with Crippen LogP contribution in [0.4, 0.5) is 11.8 Å². The van der Waals surface area contributed by atoms with Gasteiger partial charge < -0.3 is 15.4 Å². The summed E-state index contributed by atoms with van der Waals surface area (Å²) in [5, 5.41) is 6.54. The van der Waals surface area contributed by atoms with Gasteiger partial charge in [0.15, 0.2) is 0 Å². The van der Waals surface area contributed by atoms with E-state index in [1.165, 1.54) is 0 Å². The van der Waals surface area contributed by atoms with Crippen LogP contribution in [0.3, 0.4) is 0 Å². The fourth-order valence-corrected chi connectivity index (χ4v) is 2.18. The van der Waals surface area contributed by atoms with Crippen molar-refractivity contribution in [1.29, 1.82) is 0 Å². The molecule has 5 nitrogen and oxygen atoms in total. The van der Waals surface area contributed by atoms with E-state index in [2.05, 4.69) is 20.6 Å². The molecule has 1 saturated carbocycles. The summed E-state index contributed by atoms with van der Waals surface area (Å²) in [4.78, 5) is 8.55. The van der Waals surface area contributed by atoms with Crippen molar-refractivity contribution in [3.05, 3.63) is 12.3 Å². The van der Waals surface area contributed by atoms with Crippen molar-refractivity contribution in [3.63, 3.8) is 0 Å². The van der Waals surface area contributed by atoms with Gasteiger partial charge in [0.25, 0.3) is 0 Å². The van der Waals surface area contributed by atoms with Crippen LogP contribution in [0.25, 0.3) is 0 Å². The Balaban J connectivity index is 1.92. The van der Waals surface area contributed by atoms with E-state index in [1.54, 1.807) is 13.3 Å². The molecule has 2 unspecified atom stereocenters. The lowest BCUT2D eigenvalue weighted by atomic mass is 10.2. The van der Waals surface area contributed by atoms with Gasteiger partial charge in [0, 0.05) is 25.9 Å². The topological polar surface area (TPSA) is 59.1 Å². The number of methoxy groups -OCH3 is 1. The van der Waals surface area contributed by atoms with E-state index in [0.717, 1.165) is 31.6 Å². The average molecular weight is 236 g/mol. The van der Waals surface area contributed by atoms with E-state index in [4.69, 9.17) is 4.74 Å². The molecule has 94 valence electrons. The van der Waals surface area contributed by atoms with Gasteiger partial charge in [-0.1, -0.05) is 0 Å². The molecule has 2 rings (SSSR count). The van der Waals surface area contributed by atoms with Crippen LogP contribution in [0.2, 0.25) is 0 Å². The maximum absolute atomic E-state index is 5.36. The van der Waals surface area contributed by atoms with Gasteiger partial charge in [-0.05, 0) is 32.3 Å². The Bertz CT molecular complexity index is 358. The number of nitrogens with zero attached hydrogens (tertiary/aromatic N) is 2. The third-order valence-electron chi connectivity index (χ3n) is 3.06. The molecule has 1 aromatic rings.